The van der Waals surface area contributed by atoms with Crippen molar-refractivity contribution in [3.8, 4) is 0 Å². The summed E-state index contributed by atoms with van der Waals surface area (Å²) in [6.45, 7) is 8.85. The summed E-state index contributed by atoms with van der Waals surface area (Å²) in [6, 6.07) is 12.2. The number of hydrogen-bond acceptors (Lipinski definition) is 4. The van der Waals surface area contributed by atoms with Gasteiger partial charge in [0.1, 0.15) is 0 Å². The van der Waals surface area contributed by atoms with Gasteiger partial charge in [0, 0.05) is 24.2 Å². The van der Waals surface area contributed by atoms with Crippen LogP contribution in [-0.2, 0) is 12.0 Å². The number of fused-ring (bicyclic) bond motifs is 1. The molecule has 0 saturated heterocycles. The molecule has 0 bridgehead atoms. The molecule has 1 aromatic heterocycles. The molecule has 27 heavy (non-hydrogen) atoms. The van der Waals surface area contributed by atoms with Crippen LogP contribution in [0.2, 0.25) is 0 Å². The van der Waals surface area contributed by atoms with E-state index in [1.807, 2.05) is 23.6 Å². The predicted octanol–water partition coefficient (Wildman–Crippen LogP) is 4.67. The molecular formula is C20H21N3O3S. The van der Waals surface area contributed by atoms with Crippen LogP contribution in [-0.4, -0.2) is 15.4 Å². The molecule has 0 aliphatic rings. The van der Waals surface area contributed by atoms with Gasteiger partial charge in [-0.3, -0.25) is 14.9 Å². The van der Waals surface area contributed by atoms with Gasteiger partial charge in [-0.25, -0.2) is 0 Å². The van der Waals surface area contributed by atoms with E-state index in [2.05, 4.69) is 25.8 Å². The maximum atomic E-state index is 12.6. The molecule has 0 saturated carbocycles. The van der Waals surface area contributed by atoms with Gasteiger partial charge < -0.3 is 4.57 Å². The second-order valence-electron chi connectivity index (χ2n) is 7.28. The van der Waals surface area contributed by atoms with Gasteiger partial charge >= 0.3 is 0 Å². The molecule has 0 fully saturated rings. The second kappa shape index (κ2) is 7.08. The van der Waals surface area contributed by atoms with Crippen molar-refractivity contribution in [2.45, 2.75) is 39.7 Å². The van der Waals surface area contributed by atoms with Crippen molar-refractivity contribution in [1.29, 1.82) is 0 Å². The molecule has 0 aliphatic carbocycles. The molecular weight excluding hydrogens is 362 g/mol. The predicted molar refractivity (Wildman–Crippen MR) is 107 cm³/mol. The molecule has 1 amide bonds. The number of thiazole rings is 1. The number of non-ortho nitro benzene ring substituents is 1. The summed E-state index contributed by atoms with van der Waals surface area (Å²) in [7, 11) is 0. The quantitative estimate of drug-likeness (QED) is 0.487. The van der Waals surface area contributed by atoms with Crippen LogP contribution in [0, 0.1) is 10.1 Å². The van der Waals surface area contributed by atoms with Crippen molar-refractivity contribution in [2.75, 3.05) is 0 Å². The lowest BCUT2D eigenvalue weighted by Gasteiger charge is -2.18. The van der Waals surface area contributed by atoms with Crippen LogP contribution < -0.4 is 4.80 Å². The van der Waals surface area contributed by atoms with Crippen LogP contribution in [0.15, 0.2) is 47.5 Å². The SMILES string of the molecule is CCn1c(=NC(=O)c2ccc(C(C)(C)C)cc2)sc2ccc([N+](=O)[O-])cc21. The normalized spacial score (nSPS) is 12.5. The first-order valence-corrected chi connectivity index (χ1v) is 9.49. The van der Waals surface area contributed by atoms with Crippen LogP contribution in [0.1, 0.15) is 43.6 Å². The molecule has 6 nitrogen and oxygen atoms in total. The number of nitro benzene ring substituents is 1. The summed E-state index contributed by atoms with van der Waals surface area (Å²) in [5.41, 5.74) is 2.43. The van der Waals surface area contributed by atoms with E-state index in [4.69, 9.17) is 0 Å². The fourth-order valence-corrected chi connectivity index (χ4v) is 3.90. The number of nitrogens with zero attached hydrogens (tertiary/aromatic N) is 3. The minimum atomic E-state index is -0.421. The monoisotopic (exact) mass is 383 g/mol. The summed E-state index contributed by atoms with van der Waals surface area (Å²) < 4.78 is 2.69. The zero-order valence-electron chi connectivity index (χ0n) is 15.7. The van der Waals surface area contributed by atoms with Crippen molar-refractivity contribution < 1.29 is 9.72 Å². The van der Waals surface area contributed by atoms with Gasteiger partial charge in [0.25, 0.3) is 11.6 Å². The van der Waals surface area contributed by atoms with Gasteiger partial charge in [-0.1, -0.05) is 44.2 Å². The van der Waals surface area contributed by atoms with Crippen molar-refractivity contribution in [3.05, 3.63) is 68.5 Å². The number of aromatic nitrogens is 1. The van der Waals surface area contributed by atoms with Crippen LogP contribution >= 0.6 is 11.3 Å². The lowest BCUT2D eigenvalue weighted by atomic mass is 9.87. The lowest BCUT2D eigenvalue weighted by molar-refractivity contribution is -0.384. The number of rotatable bonds is 3. The zero-order chi connectivity index (χ0) is 19.8. The summed E-state index contributed by atoms with van der Waals surface area (Å²) in [5.74, 6) is -0.321. The van der Waals surface area contributed by atoms with Gasteiger partial charge in [0.15, 0.2) is 4.80 Å². The number of benzene rings is 2. The number of aryl methyl sites for hydroxylation is 1. The highest BCUT2D eigenvalue weighted by molar-refractivity contribution is 7.16. The van der Waals surface area contributed by atoms with E-state index < -0.39 is 4.92 Å². The first-order valence-electron chi connectivity index (χ1n) is 8.68. The van der Waals surface area contributed by atoms with E-state index in [0.717, 1.165) is 10.3 Å². The van der Waals surface area contributed by atoms with Gasteiger partial charge in [-0.05, 0) is 36.1 Å². The number of amides is 1. The third-order valence-electron chi connectivity index (χ3n) is 4.39. The van der Waals surface area contributed by atoms with E-state index in [1.54, 1.807) is 18.2 Å². The minimum Gasteiger partial charge on any atom is -0.316 e. The number of hydrogen-bond donors (Lipinski definition) is 0. The fourth-order valence-electron chi connectivity index (χ4n) is 2.83. The topological polar surface area (TPSA) is 77.5 Å². The molecule has 7 heteroatoms. The van der Waals surface area contributed by atoms with E-state index in [1.165, 1.54) is 23.5 Å². The van der Waals surface area contributed by atoms with E-state index in [0.29, 0.717) is 22.4 Å². The van der Waals surface area contributed by atoms with Gasteiger partial charge in [0.05, 0.1) is 15.1 Å². The molecule has 1 heterocycles. The molecule has 140 valence electrons. The Morgan fingerprint density at radius 1 is 1.19 bits per heavy atom. The fraction of sp³-hybridized carbons (Fsp3) is 0.300. The van der Waals surface area contributed by atoms with E-state index >= 15 is 0 Å². The molecule has 3 rings (SSSR count). The molecule has 0 atom stereocenters. The number of carbonyl (C=O) groups excluding carboxylic acids is 1. The Balaban J connectivity index is 2.04. The standard InChI is InChI=1S/C20H21N3O3S/c1-5-22-16-12-15(23(25)26)10-11-17(16)27-19(22)21-18(24)13-6-8-14(9-7-13)20(2,3)4/h6-12H,5H2,1-4H3. The van der Waals surface area contributed by atoms with Crippen molar-refractivity contribution >= 4 is 33.1 Å². The molecule has 0 spiro atoms. The van der Waals surface area contributed by atoms with Crippen molar-refractivity contribution in [2.24, 2.45) is 4.99 Å². The largest absolute Gasteiger partial charge is 0.316 e. The van der Waals surface area contributed by atoms with Crippen LogP contribution in [0.3, 0.4) is 0 Å². The average molecular weight is 383 g/mol. The van der Waals surface area contributed by atoms with Gasteiger partial charge in [0.2, 0.25) is 0 Å². The second-order valence-corrected chi connectivity index (χ2v) is 8.29. The molecule has 0 aliphatic heterocycles. The third-order valence-corrected chi connectivity index (χ3v) is 5.45. The van der Waals surface area contributed by atoms with Crippen LogP contribution in [0.4, 0.5) is 5.69 Å². The molecule has 0 N–H and O–H groups in total. The smallest absolute Gasteiger partial charge is 0.279 e. The van der Waals surface area contributed by atoms with Crippen LogP contribution in [0.5, 0.6) is 0 Å². The van der Waals surface area contributed by atoms with E-state index in [9.17, 15) is 14.9 Å². The highest BCUT2D eigenvalue weighted by Crippen LogP contribution is 2.24. The summed E-state index contributed by atoms with van der Waals surface area (Å²) in [4.78, 5) is 28.0. The molecule has 2 aromatic carbocycles. The third kappa shape index (κ3) is 3.83. The maximum Gasteiger partial charge on any atom is 0.279 e. The van der Waals surface area contributed by atoms with E-state index in [-0.39, 0.29) is 17.0 Å². The Hall–Kier alpha value is -2.80. The molecule has 0 radical (unpaired) electrons. The lowest BCUT2D eigenvalue weighted by Crippen LogP contribution is -2.16. The van der Waals surface area contributed by atoms with Crippen molar-refractivity contribution in [3.63, 3.8) is 0 Å². The summed E-state index contributed by atoms with van der Waals surface area (Å²) in [6.07, 6.45) is 0. The number of nitro groups is 1. The Morgan fingerprint density at radius 3 is 2.41 bits per heavy atom. The Kier molecular flexibility index (Phi) is 4.97. The minimum absolute atomic E-state index is 0.0180. The van der Waals surface area contributed by atoms with Gasteiger partial charge in [-0.15, -0.1) is 0 Å². The Morgan fingerprint density at radius 2 is 1.85 bits per heavy atom. The molecule has 3 aromatic rings. The average Bonchev–Trinajstić information content (AvgIpc) is 2.97. The summed E-state index contributed by atoms with van der Waals surface area (Å²) >= 11 is 1.35. The van der Waals surface area contributed by atoms with Gasteiger partial charge in [-0.2, -0.15) is 4.99 Å². The first kappa shape index (κ1) is 19.0. The highest BCUT2D eigenvalue weighted by Gasteiger charge is 2.15. The maximum absolute atomic E-state index is 12.6. The van der Waals surface area contributed by atoms with Crippen LogP contribution in [0.25, 0.3) is 10.2 Å². The molecule has 0 unspecified atom stereocenters. The summed E-state index contributed by atoms with van der Waals surface area (Å²) in [5, 5.41) is 11.0. The zero-order valence-corrected chi connectivity index (χ0v) is 16.5. The van der Waals surface area contributed by atoms with Crippen molar-refractivity contribution in [1.82, 2.24) is 4.57 Å². The Labute approximate surface area is 161 Å². The number of carbonyl (C=O) groups is 1. The highest BCUT2D eigenvalue weighted by atomic mass is 32.1. The first-order chi connectivity index (χ1) is 12.7. The Bertz CT molecular complexity index is 1090.